The highest BCUT2D eigenvalue weighted by Crippen LogP contribution is 2.21. The number of aryl methyl sites for hydroxylation is 1. The van der Waals surface area contributed by atoms with Crippen molar-refractivity contribution in [1.82, 2.24) is 14.5 Å². The quantitative estimate of drug-likeness (QED) is 0.736. The molecule has 0 aromatic carbocycles. The van der Waals surface area contributed by atoms with E-state index in [0.717, 1.165) is 0 Å². The Kier molecular flexibility index (Phi) is 4.51. The average Bonchev–Trinajstić information content (AvgIpc) is 2.47. The largest absolute Gasteiger partial charge is 0.393 e. The van der Waals surface area contributed by atoms with Crippen molar-refractivity contribution in [2.24, 2.45) is 0 Å². The molecular weight excluding hydrogens is 262 g/mol. The lowest BCUT2D eigenvalue weighted by molar-refractivity contribution is -0.137. The van der Waals surface area contributed by atoms with E-state index in [0.29, 0.717) is 32.5 Å². The molecule has 1 aromatic rings. The molecule has 0 unspecified atom stereocenters. The molecule has 0 radical (unpaired) electrons. The smallest absolute Gasteiger partial charge is 0.253 e. The van der Waals surface area contributed by atoms with Gasteiger partial charge < -0.3 is 15.1 Å². The zero-order valence-corrected chi connectivity index (χ0v) is 11.2. The van der Waals surface area contributed by atoms with Crippen molar-refractivity contribution in [2.45, 2.75) is 31.4 Å². The van der Waals surface area contributed by atoms with E-state index in [1.54, 1.807) is 4.90 Å². The van der Waals surface area contributed by atoms with Gasteiger partial charge in [-0.3, -0.25) is 14.2 Å². The summed E-state index contributed by atoms with van der Waals surface area (Å²) in [5.41, 5.74) is -1.24. The van der Waals surface area contributed by atoms with Crippen LogP contribution in [0.1, 0.15) is 19.3 Å². The number of piperidine rings is 1. The lowest BCUT2D eigenvalue weighted by Gasteiger charge is -2.37. The van der Waals surface area contributed by atoms with Crippen molar-refractivity contribution in [2.75, 3.05) is 19.7 Å². The number of hydrogen-bond acceptors (Lipinski definition) is 5. The molecule has 0 spiro atoms. The van der Waals surface area contributed by atoms with Crippen molar-refractivity contribution < 1.29 is 15.0 Å². The lowest BCUT2D eigenvalue weighted by atomic mass is 9.92. The molecule has 2 rings (SSSR count). The SMILES string of the molecule is O=C(CCn1cnccc1=O)N1CCC(O)(CO)CC1. The van der Waals surface area contributed by atoms with Gasteiger partial charge in [0, 0.05) is 38.3 Å². The summed E-state index contributed by atoms with van der Waals surface area (Å²) in [6, 6.07) is 1.35. The molecule has 1 aliphatic rings. The number of rotatable bonds is 4. The second-order valence-corrected chi connectivity index (χ2v) is 5.13. The summed E-state index contributed by atoms with van der Waals surface area (Å²) in [6.45, 7) is 0.877. The Bertz CT molecular complexity index is 520. The first-order valence-corrected chi connectivity index (χ1v) is 6.65. The number of carbonyl (C=O) groups excluding carboxylic acids is 1. The van der Waals surface area contributed by atoms with E-state index in [-0.39, 0.29) is 24.5 Å². The number of aliphatic hydroxyl groups excluding tert-OH is 1. The van der Waals surface area contributed by atoms with Gasteiger partial charge in [0.15, 0.2) is 0 Å². The Morgan fingerprint density at radius 2 is 2.10 bits per heavy atom. The van der Waals surface area contributed by atoms with E-state index in [1.807, 2.05) is 0 Å². The first-order valence-electron chi connectivity index (χ1n) is 6.65. The van der Waals surface area contributed by atoms with E-state index in [9.17, 15) is 14.7 Å². The molecule has 0 bridgehead atoms. The van der Waals surface area contributed by atoms with Gasteiger partial charge in [0.1, 0.15) is 0 Å². The van der Waals surface area contributed by atoms with Gasteiger partial charge in [0.25, 0.3) is 5.56 Å². The first-order chi connectivity index (χ1) is 9.54. The normalized spacial score (nSPS) is 18.0. The molecule has 0 atom stereocenters. The molecule has 2 N–H and O–H groups in total. The van der Waals surface area contributed by atoms with Gasteiger partial charge in [-0.1, -0.05) is 0 Å². The van der Waals surface area contributed by atoms with Crippen LogP contribution >= 0.6 is 0 Å². The first kappa shape index (κ1) is 14.7. The maximum Gasteiger partial charge on any atom is 0.253 e. The molecule has 7 heteroatoms. The zero-order valence-electron chi connectivity index (χ0n) is 11.2. The number of aliphatic hydroxyl groups is 2. The molecule has 0 aliphatic carbocycles. The fraction of sp³-hybridized carbons (Fsp3) is 0.615. The van der Waals surface area contributed by atoms with Crippen LogP contribution in [0.25, 0.3) is 0 Å². The maximum atomic E-state index is 12.0. The number of amides is 1. The molecule has 110 valence electrons. The minimum Gasteiger partial charge on any atom is -0.393 e. The minimum absolute atomic E-state index is 0.0549. The molecule has 1 saturated heterocycles. The van der Waals surface area contributed by atoms with Gasteiger partial charge >= 0.3 is 0 Å². The van der Waals surface area contributed by atoms with Gasteiger partial charge in [-0.2, -0.15) is 0 Å². The Labute approximate surface area is 116 Å². The van der Waals surface area contributed by atoms with Gasteiger partial charge in [0.2, 0.25) is 5.91 Å². The van der Waals surface area contributed by atoms with Crippen LogP contribution in [0.3, 0.4) is 0 Å². The number of likely N-dealkylation sites (tertiary alicyclic amines) is 1. The fourth-order valence-corrected chi connectivity index (χ4v) is 2.25. The molecule has 2 heterocycles. The molecule has 0 saturated carbocycles. The fourth-order valence-electron chi connectivity index (χ4n) is 2.25. The Morgan fingerprint density at radius 1 is 1.40 bits per heavy atom. The highest BCUT2D eigenvalue weighted by atomic mass is 16.3. The van der Waals surface area contributed by atoms with E-state index >= 15 is 0 Å². The van der Waals surface area contributed by atoms with Crippen molar-refractivity contribution in [3.05, 3.63) is 28.9 Å². The number of aromatic nitrogens is 2. The zero-order chi connectivity index (χ0) is 14.6. The third kappa shape index (κ3) is 3.43. The lowest BCUT2D eigenvalue weighted by Crippen LogP contribution is -2.48. The highest BCUT2D eigenvalue weighted by Gasteiger charge is 2.32. The second kappa shape index (κ2) is 6.15. The predicted octanol–water partition coefficient (Wildman–Crippen LogP) is -1.02. The average molecular weight is 281 g/mol. The molecular formula is C13H19N3O4. The van der Waals surface area contributed by atoms with Crippen LogP contribution in [0.4, 0.5) is 0 Å². The summed E-state index contributed by atoms with van der Waals surface area (Å²) in [7, 11) is 0. The van der Waals surface area contributed by atoms with Gasteiger partial charge in [-0.25, -0.2) is 4.98 Å². The molecule has 1 amide bonds. The van der Waals surface area contributed by atoms with Crippen LogP contribution < -0.4 is 5.56 Å². The molecule has 20 heavy (non-hydrogen) atoms. The van der Waals surface area contributed by atoms with Crippen molar-refractivity contribution in [3.63, 3.8) is 0 Å². The predicted molar refractivity (Wildman–Crippen MR) is 71.0 cm³/mol. The number of hydrogen-bond donors (Lipinski definition) is 2. The summed E-state index contributed by atoms with van der Waals surface area (Å²) in [6.07, 6.45) is 3.81. The second-order valence-electron chi connectivity index (χ2n) is 5.13. The van der Waals surface area contributed by atoms with Crippen LogP contribution in [0.15, 0.2) is 23.4 Å². The van der Waals surface area contributed by atoms with E-state index in [4.69, 9.17) is 5.11 Å². The summed E-state index contributed by atoms with van der Waals surface area (Å²) in [4.78, 5) is 29.0. The standard InChI is InChI=1S/C13H19N3O4/c17-9-13(20)3-7-15(8-4-13)12(19)2-6-16-10-14-5-1-11(16)18/h1,5,10,17,20H,2-4,6-9H2. The van der Waals surface area contributed by atoms with Gasteiger partial charge in [-0.05, 0) is 12.8 Å². The van der Waals surface area contributed by atoms with Crippen LogP contribution in [0, 0.1) is 0 Å². The van der Waals surface area contributed by atoms with E-state index < -0.39 is 5.60 Å². The Balaban J connectivity index is 1.85. The Hall–Kier alpha value is -1.73. The van der Waals surface area contributed by atoms with Crippen molar-refractivity contribution in [1.29, 1.82) is 0 Å². The Morgan fingerprint density at radius 3 is 2.70 bits per heavy atom. The van der Waals surface area contributed by atoms with Crippen LogP contribution in [-0.2, 0) is 11.3 Å². The van der Waals surface area contributed by atoms with E-state index in [1.165, 1.54) is 23.2 Å². The van der Waals surface area contributed by atoms with Crippen molar-refractivity contribution in [3.8, 4) is 0 Å². The summed E-state index contributed by atoms with van der Waals surface area (Å²) < 4.78 is 1.39. The number of nitrogens with zero attached hydrogens (tertiary/aromatic N) is 3. The topological polar surface area (TPSA) is 95.7 Å². The molecule has 1 aliphatic heterocycles. The molecule has 7 nitrogen and oxygen atoms in total. The van der Waals surface area contributed by atoms with Crippen molar-refractivity contribution >= 4 is 5.91 Å². The van der Waals surface area contributed by atoms with E-state index in [2.05, 4.69) is 4.98 Å². The van der Waals surface area contributed by atoms with Crippen LogP contribution in [0.5, 0.6) is 0 Å². The van der Waals surface area contributed by atoms with Gasteiger partial charge in [0.05, 0.1) is 18.5 Å². The highest BCUT2D eigenvalue weighted by molar-refractivity contribution is 5.76. The molecule has 1 aromatic heterocycles. The maximum absolute atomic E-state index is 12.0. The van der Waals surface area contributed by atoms with Gasteiger partial charge in [-0.15, -0.1) is 0 Å². The monoisotopic (exact) mass is 281 g/mol. The summed E-state index contributed by atoms with van der Waals surface area (Å²) >= 11 is 0. The summed E-state index contributed by atoms with van der Waals surface area (Å²) in [5.74, 6) is -0.0549. The molecule has 1 fully saturated rings. The third-order valence-corrected chi connectivity index (χ3v) is 3.70. The minimum atomic E-state index is -1.06. The van der Waals surface area contributed by atoms with Crippen LogP contribution in [-0.4, -0.2) is 55.9 Å². The number of carbonyl (C=O) groups is 1. The summed E-state index contributed by atoms with van der Waals surface area (Å²) in [5, 5.41) is 18.9. The third-order valence-electron chi connectivity index (χ3n) is 3.70. The van der Waals surface area contributed by atoms with Crippen LogP contribution in [0.2, 0.25) is 0 Å².